The maximum Gasteiger partial charge on any atom is 0.292 e. The van der Waals surface area contributed by atoms with Crippen molar-refractivity contribution >= 4 is 11.4 Å². The Kier molecular flexibility index (Phi) is 3.28. The molecule has 1 aliphatic rings. The predicted octanol–water partition coefficient (Wildman–Crippen LogP) is 1.69. The van der Waals surface area contributed by atoms with Crippen LogP contribution in [0.25, 0.3) is 0 Å². The molecule has 0 amide bonds. The lowest BCUT2D eigenvalue weighted by atomic mass is 10.1. The molecule has 17 heavy (non-hydrogen) atoms. The maximum atomic E-state index is 11.0. The highest BCUT2D eigenvalue weighted by molar-refractivity contribution is 5.65. The van der Waals surface area contributed by atoms with Crippen molar-refractivity contribution in [2.75, 3.05) is 24.5 Å². The van der Waals surface area contributed by atoms with E-state index >= 15 is 0 Å². The van der Waals surface area contributed by atoms with Crippen molar-refractivity contribution in [3.63, 3.8) is 0 Å². The second-order valence-corrected chi connectivity index (χ2v) is 4.59. The minimum atomic E-state index is -0.315. The van der Waals surface area contributed by atoms with Gasteiger partial charge in [0.05, 0.1) is 4.92 Å². The number of hydrogen-bond donors (Lipinski definition) is 1. The van der Waals surface area contributed by atoms with Crippen LogP contribution in [-0.4, -0.2) is 24.6 Å². The molecule has 1 aromatic rings. The van der Waals surface area contributed by atoms with E-state index in [4.69, 9.17) is 5.73 Å². The molecule has 0 spiro atoms. The average molecular weight is 235 g/mol. The van der Waals surface area contributed by atoms with Crippen molar-refractivity contribution in [3.05, 3.63) is 33.9 Å². The van der Waals surface area contributed by atoms with Gasteiger partial charge in [-0.3, -0.25) is 10.1 Å². The molecule has 1 atom stereocenters. The van der Waals surface area contributed by atoms with Gasteiger partial charge < -0.3 is 10.6 Å². The van der Waals surface area contributed by atoms with E-state index in [0.717, 1.165) is 30.8 Å². The standard InChI is InChI=1S/C12H17N3O2/c1-9-2-3-11(15(16)17)12(6-9)14-5-4-10(7-13)8-14/h2-3,6,10H,4-5,7-8,13H2,1H3. The molecular weight excluding hydrogens is 218 g/mol. The summed E-state index contributed by atoms with van der Waals surface area (Å²) in [4.78, 5) is 12.8. The quantitative estimate of drug-likeness (QED) is 0.639. The second-order valence-electron chi connectivity index (χ2n) is 4.59. The maximum absolute atomic E-state index is 11.0. The molecule has 1 aliphatic heterocycles. The molecule has 5 nitrogen and oxygen atoms in total. The third kappa shape index (κ3) is 2.39. The van der Waals surface area contributed by atoms with Gasteiger partial charge in [0.15, 0.2) is 0 Å². The van der Waals surface area contributed by atoms with Gasteiger partial charge in [0.1, 0.15) is 5.69 Å². The summed E-state index contributed by atoms with van der Waals surface area (Å²) in [5.41, 5.74) is 7.60. The third-order valence-corrected chi connectivity index (χ3v) is 3.29. The number of anilines is 1. The number of nitrogens with two attached hydrogens (primary N) is 1. The Balaban J connectivity index is 2.31. The Bertz CT molecular complexity index is 434. The van der Waals surface area contributed by atoms with Crippen LogP contribution in [0.4, 0.5) is 11.4 Å². The van der Waals surface area contributed by atoms with Crippen LogP contribution in [0.2, 0.25) is 0 Å². The van der Waals surface area contributed by atoms with Crippen LogP contribution in [0.5, 0.6) is 0 Å². The van der Waals surface area contributed by atoms with E-state index in [1.54, 1.807) is 12.1 Å². The van der Waals surface area contributed by atoms with Gasteiger partial charge in [-0.2, -0.15) is 0 Å². The molecule has 0 bridgehead atoms. The van der Waals surface area contributed by atoms with Crippen LogP contribution >= 0.6 is 0 Å². The van der Waals surface area contributed by atoms with E-state index in [-0.39, 0.29) is 10.6 Å². The fourth-order valence-electron chi connectivity index (χ4n) is 2.28. The van der Waals surface area contributed by atoms with E-state index in [9.17, 15) is 10.1 Å². The molecule has 1 fully saturated rings. The number of nitrogens with zero attached hydrogens (tertiary/aromatic N) is 2. The summed E-state index contributed by atoms with van der Waals surface area (Å²) >= 11 is 0. The zero-order valence-electron chi connectivity index (χ0n) is 9.93. The number of nitro benzene ring substituents is 1. The third-order valence-electron chi connectivity index (χ3n) is 3.29. The van der Waals surface area contributed by atoms with E-state index < -0.39 is 0 Å². The van der Waals surface area contributed by atoms with Crippen LogP contribution in [-0.2, 0) is 0 Å². The highest BCUT2D eigenvalue weighted by atomic mass is 16.6. The summed E-state index contributed by atoms with van der Waals surface area (Å²) in [5, 5.41) is 11.0. The van der Waals surface area contributed by atoms with Crippen molar-refractivity contribution in [2.45, 2.75) is 13.3 Å². The zero-order valence-corrected chi connectivity index (χ0v) is 9.93. The lowest BCUT2D eigenvalue weighted by molar-refractivity contribution is -0.384. The van der Waals surface area contributed by atoms with Gasteiger partial charge in [-0.25, -0.2) is 0 Å². The summed E-state index contributed by atoms with van der Waals surface area (Å²) < 4.78 is 0. The van der Waals surface area contributed by atoms with Crippen LogP contribution < -0.4 is 10.6 Å². The fourth-order valence-corrected chi connectivity index (χ4v) is 2.28. The molecule has 1 aromatic carbocycles. The molecule has 92 valence electrons. The highest BCUT2D eigenvalue weighted by Crippen LogP contribution is 2.32. The van der Waals surface area contributed by atoms with Crippen molar-refractivity contribution in [2.24, 2.45) is 11.7 Å². The Labute approximate surface area is 100 Å². The first kappa shape index (κ1) is 11.9. The molecular formula is C12H17N3O2. The smallest absolute Gasteiger partial charge is 0.292 e. The molecule has 2 N–H and O–H groups in total. The van der Waals surface area contributed by atoms with Crippen molar-refractivity contribution in [3.8, 4) is 0 Å². The topological polar surface area (TPSA) is 72.4 Å². The molecule has 0 aliphatic carbocycles. The zero-order chi connectivity index (χ0) is 12.4. The number of rotatable bonds is 3. The minimum Gasteiger partial charge on any atom is -0.366 e. The first-order valence-corrected chi connectivity index (χ1v) is 5.82. The van der Waals surface area contributed by atoms with E-state index in [0.29, 0.717) is 12.5 Å². The van der Waals surface area contributed by atoms with Crippen LogP contribution in [0.3, 0.4) is 0 Å². The van der Waals surface area contributed by atoms with E-state index in [2.05, 4.69) is 4.90 Å². The Morgan fingerprint density at radius 3 is 2.94 bits per heavy atom. The predicted molar refractivity (Wildman–Crippen MR) is 67.2 cm³/mol. The second kappa shape index (κ2) is 4.71. The SMILES string of the molecule is Cc1ccc([N+](=O)[O-])c(N2CCC(CN)C2)c1. The first-order chi connectivity index (χ1) is 8.11. The van der Waals surface area contributed by atoms with Gasteiger partial charge in [-0.05, 0) is 37.4 Å². The summed E-state index contributed by atoms with van der Waals surface area (Å²) in [6.07, 6.45) is 1.02. The monoisotopic (exact) mass is 235 g/mol. The number of benzene rings is 1. The average Bonchev–Trinajstić information content (AvgIpc) is 2.76. The normalized spacial score (nSPS) is 19.6. The van der Waals surface area contributed by atoms with Crippen LogP contribution in [0.15, 0.2) is 18.2 Å². The molecule has 2 rings (SSSR count). The van der Waals surface area contributed by atoms with Crippen molar-refractivity contribution in [1.29, 1.82) is 0 Å². The lowest BCUT2D eigenvalue weighted by Crippen LogP contribution is -2.23. The summed E-state index contributed by atoms with van der Waals surface area (Å²) in [6, 6.07) is 5.25. The lowest BCUT2D eigenvalue weighted by Gasteiger charge is -2.18. The number of aryl methyl sites for hydroxylation is 1. The molecule has 0 aromatic heterocycles. The highest BCUT2D eigenvalue weighted by Gasteiger charge is 2.26. The summed E-state index contributed by atoms with van der Waals surface area (Å²) in [5.74, 6) is 0.454. The van der Waals surface area contributed by atoms with Crippen LogP contribution in [0, 0.1) is 23.0 Å². The Morgan fingerprint density at radius 2 is 2.35 bits per heavy atom. The molecule has 0 saturated carbocycles. The Morgan fingerprint density at radius 1 is 1.59 bits per heavy atom. The molecule has 0 radical (unpaired) electrons. The molecule has 1 unspecified atom stereocenters. The van der Waals surface area contributed by atoms with Gasteiger partial charge in [0.2, 0.25) is 0 Å². The van der Waals surface area contributed by atoms with E-state index in [1.165, 1.54) is 0 Å². The minimum absolute atomic E-state index is 0.188. The van der Waals surface area contributed by atoms with Crippen molar-refractivity contribution in [1.82, 2.24) is 0 Å². The van der Waals surface area contributed by atoms with Gasteiger partial charge in [0.25, 0.3) is 5.69 Å². The molecule has 1 heterocycles. The number of nitro groups is 1. The van der Waals surface area contributed by atoms with Gasteiger partial charge in [-0.15, -0.1) is 0 Å². The summed E-state index contributed by atoms with van der Waals surface area (Å²) in [7, 11) is 0. The van der Waals surface area contributed by atoms with Crippen LogP contribution in [0.1, 0.15) is 12.0 Å². The Hall–Kier alpha value is -1.62. The molecule has 1 saturated heterocycles. The van der Waals surface area contributed by atoms with E-state index in [1.807, 2.05) is 13.0 Å². The van der Waals surface area contributed by atoms with Gasteiger partial charge in [-0.1, -0.05) is 6.07 Å². The number of hydrogen-bond acceptors (Lipinski definition) is 4. The largest absolute Gasteiger partial charge is 0.366 e. The van der Waals surface area contributed by atoms with Crippen molar-refractivity contribution < 1.29 is 4.92 Å². The van der Waals surface area contributed by atoms with Gasteiger partial charge in [0, 0.05) is 19.2 Å². The summed E-state index contributed by atoms with van der Waals surface area (Å²) in [6.45, 7) is 4.27. The van der Waals surface area contributed by atoms with Gasteiger partial charge >= 0.3 is 0 Å². The first-order valence-electron chi connectivity index (χ1n) is 5.82. The molecule has 5 heteroatoms. The fraction of sp³-hybridized carbons (Fsp3) is 0.500.